The summed E-state index contributed by atoms with van der Waals surface area (Å²) >= 11 is 0. The minimum Gasteiger partial charge on any atom is -0.351 e. The Hall–Kier alpha value is -1.87. The van der Waals surface area contributed by atoms with Crippen molar-refractivity contribution in [1.82, 2.24) is 10.6 Å². The first-order valence-electron chi connectivity index (χ1n) is 7.23. The normalized spacial score (nSPS) is 22.1. The zero-order valence-electron chi connectivity index (χ0n) is 11.7. The first-order valence-corrected chi connectivity index (χ1v) is 7.23. The van der Waals surface area contributed by atoms with Gasteiger partial charge in [-0.05, 0) is 35.2 Å². The summed E-state index contributed by atoms with van der Waals surface area (Å²) in [6.45, 7) is 3.65. The summed E-state index contributed by atoms with van der Waals surface area (Å²) in [7, 11) is 0. The molecule has 2 aromatic carbocycles. The molecule has 1 fully saturated rings. The van der Waals surface area contributed by atoms with Crippen LogP contribution in [0.2, 0.25) is 0 Å². The summed E-state index contributed by atoms with van der Waals surface area (Å²) in [5.41, 5.74) is 1.17. The molecule has 0 saturated carbocycles. The van der Waals surface area contributed by atoms with Crippen molar-refractivity contribution in [2.24, 2.45) is 5.92 Å². The second-order valence-electron chi connectivity index (χ2n) is 5.55. The predicted octanol–water partition coefficient (Wildman–Crippen LogP) is 2.45. The van der Waals surface area contributed by atoms with Gasteiger partial charge in [-0.2, -0.15) is 0 Å². The lowest BCUT2D eigenvalue weighted by Gasteiger charge is -2.16. The summed E-state index contributed by atoms with van der Waals surface area (Å²) in [4.78, 5) is 12.2. The van der Waals surface area contributed by atoms with E-state index < -0.39 is 0 Å². The van der Waals surface area contributed by atoms with Gasteiger partial charge in [-0.15, -0.1) is 0 Å². The van der Waals surface area contributed by atoms with Gasteiger partial charge in [0.15, 0.2) is 0 Å². The summed E-state index contributed by atoms with van der Waals surface area (Å²) in [5.74, 6) is 0.533. The van der Waals surface area contributed by atoms with Crippen LogP contribution in [0.15, 0.2) is 42.5 Å². The van der Waals surface area contributed by atoms with Gasteiger partial charge in [0.1, 0.15) is 0 Å². The first kappa shape index (κ1) is 13.1. The van der Waals surface area contributed by atoms with Gasteiger partial charge in [0.05, 0.1) is 6.04 Å². The Balaban J connectivity index is 1.72. The lowest BCUT2D eigenvalue weighted by molar-refractivity contribution is -0.123. The van der Waals surface area contributed by atoms with E-state index in [1.54, 1.807) is 0 Å². The average molecular weight is 268 g/mol. The van der Waals surface area contributed by atoms with Crippen LogP contribution < -0.4 is 10.6 Å². The molecule has 2 unspecified atom stereocenters. The molecule has 0 spiro atoms. The number of rotatable bonds is 3. The fourth-order valence-electron chi connectivity index (χ4n) is 2.92. The van der Waals surface area contributed by atoms with Gasteiger partial charge < -0.3 is 10.6 Å². The van der Waals surface area contributed by atoms with Crippen LogP contribution >= 0.6 is 0 Å². The Labute approximate surface area is 119 Å². The highest BCUT2D eigenvalue weighted by Gasteiger charge is 2.28. The van der Waals surface area contributed by atoms with E-state index in [4.69, 9.17) is 0 Å². The number of hydrogen-bond donors (Lipinski definition) is 2. The van der Waals surface area contributed by atoms with Gasteiger partial charge in [0, 0.05) is 6.54 Å². The van der Waals surface area contributed by atoms with Crippen molar-refractivity contribution in [2.45, 2.75) is 25.9 Å². The molecule has 1 amide bonds. The molecular weight excluding hydrogens is 248 g/mol. The third kappa shape index (κ3) is 2.54. The largest absolute Gasteiger partial charge is 0.351 e. The number of benzene rings is 2. The fourth-order valence-corrected chi connectivity index (χ4v) is 2.92. The molecule has 0 aliphatic carbocycles. The van der Waals surface area contributed by atoms with E-state index in [9.17, 15) is 4.79 Å². The molecule has 1 aliphatic heterocycles. The van der Waals surface area contributed by atoms with Gasteiger partial charge in [0.2, 0.25) is 5.91 Å². The second kappa shape index (κ2) is 5.63. The van der Waals surface area contributed by atoms with Crippen LogP contribution in [0.1, 0.15) is 18.9 Å². The van der Waals surface area contributed by atoms with Crippen molar-refractivity contribution in [3.8, 4) is 0 Å². The maximum absolute atomic E-state index is 12.2. The van der Waals surface area contributed by atoms with E-state index in [0.717, 1.165) is 13.0 Å². The van der Waals surface area contributed by atoms with Crippen LogP contribution in [-0.4, -0.2) is 18.5 Å². The van der Waals surface area contributed by atoms with Gasteiger partial charge in [-0.3, -0.25) is 4.79 Å². The van der Waals surface area contributed by atoms with E-state index in [-0.39, 0.29) is 11.9 Å². The Kier molecular flexibility index (Phi) is 3.70. The van der Waals surface area contributed by atoms with E-state index >= 15 is 0 Å². The van der Waals surface area contributed by atoms with E-state index in [1.165, 1.54) is 16.3 Å². The molecule has 2 aromatic rings. The SMILES string of the molecule is CC1CCNC1C(=O)NCc1cccc2ccccc12. The zero-order valence-corrected chi connectivity index (χ0v) is 11.7. The van der Waals surface area contributed by atoms with Crippen molar-refractivity contribution in [2.75, 3.05) is 6.54 Å². The Morgan fingerprint density at radius 2 is 2.05 bits per heavy atom. The van der Waals surface area contributed by atoms with Crippen molar-refractivity contribution in [3.05, 3.63) is 48.0 Å². The number of carbonyl (C=O) groups excluding carboxylic acids is 1. The molecule has 1 saturated heterocycles. The van der Waals surface area contributed by atoms with Crippen molar-refractivity contribution in [1.29, 1.82) is 0 Å². The molecule has 2 atom stereocenters. The van der Waals surface area contributed by atoms with Crippen LogP contribution in [-0.2, 0) is 11.3 Å². The highest BCUT2D eigenvalue weighted by Crippen LogP contribution is 2.19. The average Bonchev–Trinajstić information content (AvgIpc) is 2.91. The smallest absolute Gasteiger partial charge is 0.237 e. The number of nitrogens with one attached hydrogen (secondary N) is 2. The molecule has 20 heavy (non-hydrogen) atoms. The highest BCUT2D eigenvalue weighted by atomic mass is 16.2. The van der Waals surface area contributed by atoms with Crippen molar-refractivity contribution < 1.29 is 4.79 Å². The third-order valence-electron chi connectivity index (χ3n) is 4.15. The molecule has 3 rings (SSSR count). The lowest BCUT2D eigenvalue weighted by atomic mass is 10.0. The van der Waals surface area contributed by atoms with Gasteiger partial charge in [-0.1, -0.05) is 49.4 Å². The molecule has 104 valence electrons. The topological polar surface area (TPSA) is 41.1 Å². The van der Waals surface area contributed by atoms with Crippen LogP contribution in [0.5, 0.6) is 0 Å². The molecule has 1 aliphatic rings. The van der Waals surface area contributed by atoms with Crippen LogP contribution in [0.25, 0.3) is 10.8 Å². The fraction of sp³-hybridized carbons (Fsp3) is 0.353. The number of hydrogen-bond acceptors (Lipinski definition) is 2. The van der Waals surface area contributed by atoms with E-state index in [0.29, 0.717) is 12.5 Å². The Morgan fingerprint density at radius 1 is 1.25 bits per heavy atom. The quantitative estimate of drug-likeness (QED) is 0.898. The molecule has 0 radical (unpaired) electrons. The summed E-state index contributed by atoms with van der Waals surface area (Å²) in [5, 5.41) is 8.75. The van der Waals surface area contributed by atoms with Gasteiger partial charge >= 0.3 is 0 Å². The van der Waals surface area contributed by atoms with E-state index in [1.807, 2.05) is 18.2 Å². The summed E-state index contributed by atoms with van der Waals surface area (Å²) < 4.78 is 0. The van der Waals surface area contributed by atoms with Gasteiger partial charge in [-0.25, -0.2) is 0 Å². The maximum Gasteiger partial charge on any atom is 0.237 e. The molecule has 2 N–H and O–H groups in total. The molecule has 3 heteroatoms. The lowest BCUT2D eigenvalue weighted by Crippen LogP contribution is -2.42. The number of fused-ring (bicyclic) bond motifs is 1. The number of carbonyl (C=O) groups is 1. The molecule has 1 heterocycles. The predicted molar refractivity (Wildman–Crippen MR) is 81.4 cm³/mol. The summed E-state index contributed by atoms with van der Waals surface area (Å²) in [6, 6.07) is 14.5. The Bertz CT molecular complexity index is 618. The van der Waals surface area contributed by atoms with E-state index in [2.05, 4.69) is 41.8 Å². The highest BCUT2D eigenvalue weighted by molar-refractivity contribution is 5.87. The number of amides is 1. The van der Waals surface area contributed by atoms with Crippen LogP contribution in [0.4, 0.5) is 0 Å². The van der Waals surface area contributed by atoms with Crippen LogP contribution in [0.3, 0.4) is 0 Å². The van der Waals surface area contributed by atoms with Gasteiger partial charge in [0.25, 0.3) is 0 Å². The van der Waals surface area contributed by atoms with Crippen molar-refractivity contribution >= 4 is 16.7 Å². The third-order valence-corrected chi connectivity index (χ3v) is 4.15. The zero-order chi connectivity index (χ0) is 13.9. The summed E-state index contributed by atoms with van der Waals surface area (Å²) in [6.07, 6.45) is 1.08. The minimum atomic E-state index is -0.0371. The van der Waals surface area contributed by atoms with Crippen molar-refractivity contribution in [3.63, 3.8) is 0 Å². The molecular formula is C17H20N2O. The first-order chi connectivity index (χ1) is 9.75. The second-order valence-corrected chi connectivity index (χ2v) is 5.55. The minimum absolute atomic E-state index is 0.0371. The maximum atomic E-state index is 12.2. The molecule has 0 bridgehead atoms. The molecule has 0 aromatic heterocycles. The Morgan fingerprint density at radius 3 is 2.85 bits per heavy atom. The standard InChI is InChI=1S/C17H20N2O/c1-12-9-10-18-16(12)17(20)19-11-14-7-4-6-13-5-2-3-8-15(13)14/h2-8,12,16,18H,9-11H2,1H3,(H,19,20). The monoisotopic (exact) mass is 268 g/mol. The van der Waals surface area contributed by atoms with Crippen LogP contribution in [0, 0.1) is 5.92 Å². The molecule has 3 nitrogen and oxygen atoms in total.